The van der Waals surface area contributed by atoms with Crippen molar-refractivity contribution in [1.29, 1.82) is 0 Å². The summed E-state index contributed by atoms with van der Waals surface area (Å²) in [6.45, 7) is 2.21. The minimum absolute atomic E-state index is 0.416. The van der Waals surface area contributed by atoms with Crippen LogP contribution in [0.5, 0.6) is 0 Å². The van der Waals surface area contributed by atoms with Gasteiger partial charge in [-0.05, 0) is 32.1 Å². The van der Waals surface area contributed by atoms with E-state index in [9.17, 15) is 15.0 Å². The molecule has 0 saturated heterocycles. The van der Waals surface area contributed by atoms with Crippen LogP contribution in [0.4, 0.5) is 0 Å². The van der Waals surface area contributed by atoms with Crippen molar-refractivity contribution < 1.29 is 20.1 Å². The van der Waals surface area contributed by atoms with Gasteiger partial charge < -0.3 is 15.3 Å². The molecule has 0 aliphatic heterocycles. The van der Waals surface area contributed by atoms with Gasteiger partial charge in [-0.25, -0.2) is 4.79 Å². The van der Waals surface area contributed by atoms with Crippen molar-refractivity contribution in [1.82, 2.24) is 0 Å². The van der Waals surface area contributed by atoms with E-state index in [1.165, 1.54) is 32.1 Å². The molecule has 0 amide bonds. The first-order valence-electron chi connectivity index (χ1n) is 8.81. The lowest BCUT2D eigenvalue weighted by atomic mass is 10.0. The first-order valence-corrected chi connectivity index (χ1v) is 8.81. The number of rotatable bonds is 15. The average molecular weight is 314 g/mol. The highest BCUT2D eigenvalue weighted by molar-refractivity contribution is 5.79. The van der Waals surface area contributed by atoms with Crippen LogP contribution in [0.3, 0.4) is 0 Å². The molecular weight excluding hydrogens is 280 g/mol. The standard InChI is InChI=1S/C18H34O4/c1-2-3-4-5-6-7-9-12-16(19)15-17(20)13-10-8-11-14-18(21)22/h11,14,16-17,19-20H,2-10,12-13,15H2,1H3,(H,21,22)/b14-11+. The van der Waals surface area contributed by atoms with Crippen LogP contribution in [-0.2, 0) is 4.79 Å². The number of allylic oxidation sites excluding steroid dienone is 1. The molecule has 3 N–H and O–H groups in total. The highest BCUT2D eigenvalue weighted by Crippen LogP contribution is 2.14. The Labute approximate surface area is 135 Å². The first kappa shape index (κ1) is 21.1. The summed E-state index contributed by atoms with van der Waals surface area (Å²) in [5, 5.41) is 28.1. The van der Waals surface area contributed by atoms with E-state index < -0.39 is 18.2 Å². The van der Waals surface area contributed by atoms with Crippen LogP contribution in [0, 0.1) is 0 Å². The normalized spacial score (nSPS) is 14.3. The molecule has 0 aromatic carbocycles. The lowest BCUT2D eigenvalue weighted by Crippen LogP contribution is -2.17. The van der Waals surface area contributed by atoms with Gasteiger partial charge in [-0.15, -0.1) is 0 Å². The predicted octanol–water partition coefficient (Wildman–Crippen LogP) is 4.05. The lowest BCUT2D eigenvalue weighted by Gasteiger charge is -2.15. The zero-order valence-corrected chi connectivity index (χ0v) is 14.0. The number of carboxylic acids is 1. The summed E-state index contributed by atoms with van der Waals surface area (Å²) >= 11 is 0. The summed E-state index contributed by atoms with van der Waals surface area (Å²) in [7, 11) is 0. The van der Waals surface area contributed by atoms with E-state index in [-0.39, 0.29) is 0 Å². The van der Waals surface area contributed by atoms with Gasteiger partial charge in [0, 0.05) is 6.08 Å². The van der Waals surface area contributed by atoms with E-state index in [0.29, 0.717) is 19.3 Å². The smallest absolute Gasteiger partial charge is 0.327 e. The number of aliphatic hydroxyl groups excluding tert-OH is 2. The van der Waals surface area contributed by atoms with Gasteiger partial charge in [0.15, 0.2) is 0 Å². The van der Waals surface area contributed by atoms with E-state index in [0.717, 1.165) is 31.8 Å². The second-order valence-corrected chi connectivity index (χ2v) is 6.12. The Kier molecular flexibility index (Phi) is 14.4. The fourth-order valence-corrected chi connectivity index (χ4v) is 2.54. The monoisotopic (exact) mass is 314 g/mol. The Morgan fingerprint density at radius 1 is 0.909 bits per heavy atom. The molecule has 0 fully saturated rings. The number of carbonyl (C=O) groups is 1. The maximum absolute atomic E-state index is 10.3. The number of carboxylic acid groups (broad SMARTS) is 1. The summed E-state index contributed by atoms with van der Waals surface area (Å²) in [5.74, 6) is -0.939. The maximum Gasteiger partial charge on any atom is 0.327 e. The van der Waals surface area contributed by atoms with E-state index in [1.807, 2.05) is 0 Å². The highest BCUT2D eigenvalue weighted by atomic mass is 16.4. The van der Waals surface area contributed by atoms with Crippen LogP contribution >= 0.6 is 0 Å². The van der Waals surface area contributed by atoms with Crippen molar-refractivity contribution >= 4 is 5.97 Å². The highest BCUT2D eigenvalue weighted by Gasteiger charge is 2.11. The minimum Gasteiger partial charge on any atom is -0.478 e. The molecule has 0 spiro atoms. The zero-order valence-electron chi connectivity index (χ0n) is 14.0. The van der Waals surface area contributed by atoms with Gasteiger partial charge >= 0.3 is 5.97 Å². The van der Waals surface area contributed by atoms with E-state index in [1.54, 1.807) is 6.08 Å². The van der Waals surface area contributed by atoms with Gasteiger partial charge in [0.05, 0.1) is 12.2 Å². The van der Waals surface area contributed by atoms with Crippen molar-refractivity contribution in [2.24, 2.45) is 0 Å². The molecule has 0 aliphatic carbocycles. The largest absolute Gasteiger partial charge is 0.478 e. The van der Waals surface area contributed by atoms with Gasteiger partial charge in [-0.1, -0.05) is 57.9 Å². The molecule has 0 rings (SSSR count). The molecule has 0 aromatic heterocycles. The van der Waals surface area contributed by atoms with Crippen LogP contribution < -0.4 is 0 Å². The SMILES string of the molecule is CCCCCCCCCC(O)CC(O)CCC/C=C/C(=O)O. The first-order chi connectivity index (χ1) is 10.6. The molecule has 130 valence electrons. The Hall–Kier alpha value is -0.870. The van der Waals surface area contributed by atoms with E-state index >= 15 is 0 Å². The molecule has 2 atom stereocenters. The van der Waals surface area contributed by atoms with Gasteiger partial charge in [0.2, 0.25) is 0 Å². The predicted molar refractivity (Wildman–Crippen MR) is 89.9 cm³/mol. The third-order valence-corrected chi connectivity index (χ3v) is 3.85. The molecule has 2 unspecified atom stereocenters. The molecule has 0 heterocycles. The van der Waals surface area contributed by atoms with Crippen molar-refractivity contribution in [3.05, 3.63) is 12.2 Å². The summed E-state index contributed by atoms with van der Waals surface area (Å²) in [6, 6.07) is 0. The van der Waals surface area contributed by atoms with Crippen LogP contribution in [0.25, 0.3) is 0 Å². The summed E-state index contributed by atoms with van der Waals surface area (Å²) in [6.07, 6.45) is 13.6. The van der Waals surface area contributed by atoms with Crippen molar-refractivity contribution in [3.63, 3.8) is 0 Å². The fourth-order valence-electron chi connectivity index (χ4n) is 2.54. The molecule has 0 saturated carbocycles. The van der Waals surface area contributed by atoms with Crippen LogP contribution in [0.15, 0.2) is 12.2 Å². The molecule has 0 bridgehead atoms. The van der Waals surface area contributed by atoms with Gasteiger partial charge in [-0.3, -0.25) is 0 Å². The maximum atomic E-state index is 10.3. The lowest BCUT2D eigenvalue weighted by molar-refractivity contribution is -0.131. The summed E-state index contributed by atoms with van der Waals surface area (Å²) in [4.78, 5) is 10.3. The van der Waals surface area contributed by atoms with Crippen molar-refractivity contribution in [2.75, 3.05) is 0 Å². The second-order valence-electron chi connectivity index (χ2n) is 6.12. The number of hydrogen-bond acceptors (Lipinski definition) is 3. The number of aliphatic hydroxyl groups is 2. The van der Waals surface area contributed by atoms with E-state index in [4.69, 9.17) is 5.11 Å². The molecule has 4 nitrogen and oxygen atoms in total. The molecule has 22 heavy (non-hydrogen) atoms. The van der Waals surface area contributed by atoms with Crippen LogP contribution in [-0.4, -0.2) is 33.5 Å². The Bertz CT molecular complexity index is 289. The summed E-state index contributed by atoms with van der Waals surface area (Å²) < 4.78 is 0. The Morgan fingerprint density at radius 2 is 1.45 bits per heavy atom. The fraction of sp³-hybridized carbons (Fsp3) is 0.833. The number of aliphatic carboxylic acids is 1. The molecule has 0 aliphatic rings. The zero-order chi connectivity index (χ0) is 16.6. The van der Waals surface area contributed by atoms with E-state index in [2.05, 4.69) is 6.92 Å². The van der Waals surface area contributed by atoms with Gasteiger partial charge in [-0.2, -0.15) is 0 Å². The van der Waals surface area contributed by atoms with Crippen LogP contribution in [0.2, 0.25) is 0 Å². The average Bonchev–Trinajstić information content (AvgIpc) is 2.45. The van der Waals surface area contributed by atoms with Crippen molar-refractivity contribution in [2.45, 2.75) is 96.2 Å². The quantitative estimate of drug-likeness (QED) is 0.315. The van der Waals surface area contributed by atoms with Crippen molar-refractivity contribution in [3.8, 4) is 0 Å². The topological polar surface area (TPSA) is 77.8 Å². The second kappa shape index (κ2) is 15.0. The number of hydrogen-bond donors (Lipinski definition) is 3. The van der Waals surface area contributed by atoms with Gasteiger partial charge in [0.1, 0.15) is 0 Å². The third-order valence-electron chi connectivity index (χ3n) is 3.85. The Morgan fingerprint density at radius 3 is 2.05 bits per heavy atom. The third kappa shape index (κ3) is 15.5. The number of unbranched alkanes of at least 4 members (excludes halogenated alkanes) is 7. The minimum atomic E-state index is -0.939. The summed E-state index contributed by atoms with van der Waals surface area (Å²) in [5.41, 5.74) is 0. The molecule has 0 radical (unpaired) electrons. The Balaban J connectivity index is 3.45. The molecule has 0 aromatic rings. The van der Waals surface area contributed by atoms with Gasteiger partial charge in [0.25, 0.3) is 0 Å². The van der Waals surface area contributed by atoms with Crippen LogP contribution in [0.1, 0.15) is 84.0 Å². The molecule has 4 heteroatoms. The molecular formula is C18H34O4.